The number of aliphatic imine (C=N–C) groups is 1. The van der Waals surface area contributed by atoms with Crippen molar-refractivity contribution in [3.05, 3.63) is 58.0 Å². The third-order valence-corrected chi connectivity index (χ3v) is 5.93. The number of nitrogens with one attached hydrogen (secondary N) is 1. The third-order valence-electron chi connectivity index (χ3n) is 2.83. The fourth-order valence-corrected chi connectivity index (χ4v) is 3.79. The predicted molar refractivity (Wildman–Crippen MR) is 122 cm³/mol. The number of rotatable bonds is 9. The lowest BCUT2D eigenvalue weighted by atomic mass is 10.2. The molecule has 140 valence electrons. The van der Waals surface area contributed by atoms with Crippen molar-refractivity contribution in [1.82, 2.24) is 4.72 Å². The topological polar surface area (TPSA) is 44.6 Å². The lowest BCUT2D eigenvalue weighted by Gasteiger charge is -2.20. The Balaban J connectivity index is 5.67. The molecule has 0 heterocycles. The molecular formula is C19H29BrN2OS2. The highest BCUT2D eigenvalue weighted by Gasteiger charge is 2.15. The van der Waals surface area contributed by atoms with Crippen molar-refractivity contribution < 1.29 is 5.11 Å². The Labute approximate surface area is 169 Å². The van der Waals surface area contributed by atoms with Gasteiger partial charge in [0.25, 0.3) is 0 Å². The van der Waals surface area contributed by atoms with E-state index in [0.29, 0.717) is 6.54 Å². The van der Waals surface area contributed by atoms with Crippen LogP contribution in [0.2, 0.25) is 0 Å². The summed E-state index contributed by atoms with van der Waals surface area (Å²) in [5, 5.41) is 10.3. The van der Waals surface area contributed by atoms with Crippen molar-refractivity contribution in [2.24, 2.45) is 4.99 Å². The number of nitrogens with zero attached hydrogens (tertiary/aromatic N) is 1. The monoisotopic (exact) mass is 444 g/mol. The van der Waals surface area contributed by atoms with Crippen molar-refractivity contribution in [2.75, 3.05) is 20.2 Å². The molecule has 3 nitrogen and oxygen atoms in total. The Morgan fingerprint density at radius 1 is 1.32 bits per heavy atom. The average Bonchev–Trinajstić information content (AvgIpc) is 2.57. The molecule has 0 atom stereocenters. The number of hydrogen-bond acceptors (Lipinski definition) is 5. The van der Waals surface area contributed by atoms with Crippen molar-refractivity contribution in [1.29, 1.82) is 0 Å². The maximum absolute atomic E-state index is 9.58. The van der Waals surface area contributed by atoms with Crippen LogP contribution in [0.5, 0.6) is 0 Å². The summed E-state index contributed by atoms with van der Waals surface area (Å²) in [5.74, 6) is 0. The minimum absolute atomic E-state index is 0.0889. The molecule has 0 spiro atoms. The standard InChI is InChI=1S/C19H29BrN2OS2/c1-8-11-14(13-23)18(21-7)24-17(10-3)15(16(20)9-2)12-22-25-19(4,5)6/h8-11,22-23H,1,3,12-13H2,2,4-7H3/b14-11-,16-9+,17-15+,21-18?. The van der Waals surface area contributed by atoms with Crippen molar-refractivity contribution >= 4 is 44.7 Å². The first-order chi connectivity index (χ1) is 11.7. The number of thioether (sulfide) groups is 1. The van der Waals surface area contributed by atoms with Gasteiger partial charge in [0, 0.05) is 33.3 Å². The van der Waals surface area contributed by atoms with Crippen LogP contribution in [0.25, 0.3) is 0 Å². The molecule has 0 aliphatic rings. The molecule has 6 heteroatoms. The quantitative estimate of drug-likeness (QED) is 0.209. The average molecular weight is 445 g/mol. The van der Waals surface area contributed by atoms with Crippen LogP contribution in [0, 0.1) is 0 Å². The van der Waals surface area contributed by atoms with Gasteiger partial charge in [0.05, 0.1) is 6.61 Å². The largest absolute Gasteiger partial charge is 0.392 e. The maximum Gasteiger partial charge on any atom is 0.100 e. The minimum atomic E-state index is -0.0889. The van der Waals surface area contributed by atoms with Crippen molar-refractivity contribution in [3.8, 4) is 0 Å². The second kappa shape index (κ2) is 12.8. The third kappa shape index (κ3) is 9.66. The van der Waals surface area contributed by atoms with E-state index < -0.39 is 0 Å². The van der Waals surface area contributed by atoms with E-state index in [0.717, 1.165) is 25.6 Å². The summed E-state index contributed by atoms with van der Waals surface area (Å²) >= 11 is 6.81. The molecule has 0 aliphatic heterocycles. The van der Waals surface area contributed by atoms with Gasteiger partial charge in [-0.3, -0.25) is 9.71 Å². The first-order valence-corrected chi connectivity index (χ1v) is 10.3. The number of aliphatic hydroxyl groups is 1. The van der Waals surface area contributed by atoms with Crippen LogP contribution in [0.4, 0.5) is 0 Å². The van der Waals surface area contributed by atoms with Crippen LogP contribution < -0.4 is 4.72 Å². The predicted octanol–water partition coefficient (Wildman–Crippen LogP) is 5.63. The molecule has 0 unspecified atom stereocenters. The summed E-state index contributed by atoms with van der Waals surface area (Å²) < 4.78 is 4.55. The van der Waals surface area contributed by atoms with E-state index >= 15 is 0 Å². The van der Waals surface area contributed by atoms with Crippen molar-refractivity contribution in [2.45, 2.75) is 32.4 Å². The Morgan fingerprint density at radius 3 is 2.36 bits per heavy atom. The zero-order valence-electron chi connectivity index (χ0n) is 15.7. The Hall–Kier alpha value is -0.530. The zero-order valence-corrected chi connectivity index (χ0v) is 18.9. The SMILES string of the molecule is C=C/C=C(/CO)C(=NC)S/C(C=C)=C(CNSC(C)(C)C)/C(Br)=C\C. The smallest absolute Gasteiger partial charge is 0.100 e. The van der Waals surface area contributed by atoms with Gasteiger partial charge in [-0.1, -0.05) is 77.1 Å². The minimum Gasteiger partial charge on any atom is -0.392 e. The van der Waals surface area contributed by atoms with E-state index in [9.17, 15) is 5.11 Å². The molecule has 0 aromatic carbocycles. The molecule has 0 amide bonds. The summed E-state index contributed by atoms with van der Waals surface area (Å²) in [5.41, 5.74) is 1.83. The van der Waals surface area contributed by atoms with E-state index in [1.807, 2.05) is 19.1 Å². The number of allylic oxidation sites excluding steroid dienone is 4. The van der Waals surface area contributed by atoms with Crippen LogP contribution in [-0.2, 0) is 0 Å². The van der Waals surface area contributed by atoms with Crippen LogP contribution in [0.15, 0.2) is 63.0 Å². The summed E-state index contributed by atoms with van der Waals surface area (Å²) in [4.78, 5) is 5.30. The van der Waals surface area contributed by atoms with Crippen LogP contribution in [0.3, 0.4) is 0 Å². The molecule has 0 aromatic rings. The van der Waals surface area contributed by atoms with Gasteiger partial charge < -0.3 is 5.11 Å². The molecule has 0 saturated heterocycles. The summed E-state index contributed by atoms with van der Waals surface area (Å²) in [6, 6.07) is 0. The molecule has 2 N–H and O–H groups in total. The zero-order chi connectivity index (χ0) is 19.5. The molecule has 0 aliphatic carbocycles. The molecule has 0 radical (unpaired) electrons. The highest BCUT2D eigenvalue weighted by molar-refractivity contribution is 9.12. The van der Waals surface area contributed by atoms with Gasteiger partial charge in [-0.2, -0.15) is 0 Å². The lowest BCUT2D eigenvalue weighted by Crippen LogP contribution is -2.19. The second-order valence-corrected chi connectivity index (χ2v) is 9.54. The molecule has 0 saturated carbocycles. The van der Waals surface area contributed by atoms with Crippen LogP contribution in [-0.4, -0.2) is 35.1 Å². The normalized spacial score (nSPS) is 15.1. The van der Waals surface area contributed by atoms with Gasteiger partial charge in [-0.25, -0.2) is 0 Å². The first kappa shape index (κ1) is 24.5. The molecule has 0 aromatic heterocycles. The fraction of sp³-hybridized carbons (Fsp3) is 0.421. The molecule has 0 fully saturated rings. The highest BCUT2D eigenvalue weighted by Crippen LogP contribution is 2.32. The van der Waals surface area contributed by atoms with Gasteiger partial charge in [-0.05, 0) is 33.3 Å². The van der Waals surface area contributed by atoms with Crippen molar-refractivity contribution in [3.63, 3.8) is 0 Å². The summed E-state index contributed by atoms with van der Waals surface area (Å²) in [6.45, 7) is 16.7. The van der Waals surface area contributed by atoms with Crippen LogP contribution in [0.1, 0.15) is 27.7 Å². The Kier molecular flexibility index (Phi) is 12.5. The van der Waals surface area contributed by atoms with E-state index in [2.05, 4.69) is 59.6 Å². The molecule has 0 bridgehead atoms. The number of aliphatic hydroxyl groups excluding tert-OH is 1. The van der Waals surface area contributed by atoms with Gasteiger partial charge in [0.15, 0.2) is 0 Å². The van der Waals surface area contributed by atoms with Gasteiger partial charge in [0.1, 0.15) is 5.04 Å². The maximum atomic E-state index is 9.58. The van der Waals surface area contributed by atoms with E-state index in [1.54, 1.807) is 31.1 Å². The lowest BCUT2D eigenvalue weighted by molar-refractivity contribution is 0.337. The van der Waals surface area contributed by atoms with Gasteiger partial charge >= 0.3 is 0 Å². The first-order valence-electron chi connectivity index (χ1n) is 7.90. The Bertz CT molecular complexity index is 585. The van der Waals surface area contributed by atoms with Gasteiger partial charge in [0.2, 0.25) is 0 Å². The number of halogens is 1. The van der Waals surface area contributed by atoms with E-state index in [1.165, 1.54) is 11.8 Å². The Morgan fingerprint density at radius 2 is 1.96 bits per heavy atom. The van der Waals surface area contributed by atoms with Crippen LogP contribution >= 0.6 is 39.6 Å². The number of hydrogen-bond donors (Lipinski definition) is 2. The molecule has 0 rings (SSSR count). The molecular weight excluding hydrogens is 416 g/mol. The van der Waals surface area contributed by atoms with E-state index in [-0.39, 0.29) is 11.4 Å². The van der Waals surface area contributed by atoms with Gasteiger partial charge in [-0.15, -0.1) is 0 Å². The molecule has 25 heavy (non-hydrogen) atoms. The summed E-state index contributed by atoms with van der Waals surface area (Å²) in [7, 11) is 1.72. The summed E-state index contributed by atoms with van der Waals surface area (Å²) in [6.07, 6.45) is 7.26. The highest BCUT2D eigenvalue weighted by atomic mass is 79.9. The second-order valence-electron chi connectivity index (χ2n) is 5.94. The van der Waals surface area contributed by atoms with E-state index in [4.69, 9.17) is 0 Å². The fourth-order valence-electron chi connectivity index (χ4n) is 1.71.